The van der Waals surface area contributed by atoms with Gasteiger partial charge in [0.05, 0.1) is 6.04 Å². The van der Waals surface area contributed by atoms with Gasteiger partial charge in [-0.1, -0.05) is 0 Å². The largest absolute Gasteiger partial charge is 0.480 e. The Hall–Kier alpha value is -2.19. The summed E-state index contributed by atoms with van der Waals surface area (Å²) in [5.41, 5.74) is 16.1. The first kappa shape index (κ1) is 28.8. The van der Waals surface area contributed by atoms with Crippen molar-refractivity contribution < 1.29 is 24.3 Å². The summed E-state index contributed by atoms with van der Waals surface area (Å²) in [6.07, 6.45) is 2.62. The molecule has 31 heavy (non-hydrogen) atoms. The van der Waals surface area contributed by atoms with Crippen molar-refractivity contribution >= 4 is 54.0 Å². The van der Waals surface area contributed by atoms with Crippen molar-refractivity contribution in [2.24, 2.45) is 22.2 Å². The highest BCUT2D eigenvalue weighted by molar-refractivity contribution is 7.98. The summed E-state index contributed by atoms with van der Waals surface area (Å²) in [5, 5.41) is 16.7. The van der Waals surface area contributed by atoms with E-state index in [2.05, 4.69) is 33.6 Å². The number of hydrogen-bond donors (Lipinski definition) is 8. The highest BCUT2D eigenvalue weighted by Gasteiger charge is 2.29. The van der Waals surface area contributed by atoms with E-state index < -0.39 is 47.9 Å². The first-order valence-corrected chi connectivity index (χ1v) is 11.6. The van der Waals surface area contributed by atoms with E-state index in [1.165, 1.54) is 18.7 Å². The molecule has 0 aromatic carbocycles. The van der Waals surface area contributed by atoms with Crippen LogP contribution in [0.2, 0.25) is 0 Å². The zero-order chi connectivity index (χ0) is 24.0. The van der Waals surface area contributed by atoms with E-state index in [1.807, 2.05) is 6.26 Å². The highest BCUT2D eigenvalue weighted by atomic mass is 32.2. The number of nitrogens with one attached hydrogen (secondary N) is 3. The smallest absolute Gasteiger partial charge is 0.326 e. The van der Waals surface area contributed by atoms with Gasteiger partial charge in [0, 0.05) is 12.3 Å². The Morgan fingerprint density at radius 3 is 2.03 bits per heavy atom. The van der Waals surface area contributed by atoms with Crippen LogP contribution in [0.15, 0.2) is 4.99 Å². The van der Waals surface area contributed by atoms with Gasteiger partial charge in [-0.05, 0) is 38.2 Å². The molecular weight excluding hydrogens is 446 g/mol. The molecular formula is C17H33N7O5S2. The number of carbonyl (C=O) groups is 4. The summed E-state index contributed by atoms with van der Waals surface area (Å²) in [6.45, 7) is 1.71. The molecule has 0 fully saturated rings. The number of nitrogens with zero attached hydrogens (tertiary/aromatic N) is 1. The number of carboxylic acid groups (broad SMARTS) is 1. The average molecular weight is 480 g/mol. The number of aliphatic carboxylic acids is 1. The number of thioether (sulfide) groups is 1. The van der Waals surface area contributed by atoms with Gasteiger partial charge in [0.15, 0.2) is 5.96 Å². The predicted molar refractivity (Wildman–Crippen MR) is 124 cm³/mol. The van der Waals surface area contributed by atoms with Gasteiger partial charge in [-0.15, -0.1) is 0 Å². The van der Waals surface area contributed by atoms with Gasteiger partial charge in [-0.2, -0.15) is 24.4 Å². The molecule has 3 amide bonds. The second-order valence-electron chi connectivity index (χ2n) is 6.72. The van der Waals surface area contributed by atoms with Crippen LogP contribution >= 0.6 is 24.4 Å². The standard InChI is InChI=1S/C17H33N7O5S2/c1-9(18)13(25)22-10(4-3-6-21-17(19)20)14(26)24-12(8-30)15(27)23-11(16(28)29)5-7-31-2/h9-12,30H,3-8,18H2,1-2H3,(H,22,25)(H,23,27)(H,24,26)(H,28,29)(H4,19,20,21). The number of carbonyl (C=O) groups excluding carboxylic acids is 3. The van der Waals surface area contributed by atoms with E-state index in [9.17, 15) is 24.3 Å². The van der Waals surface area contributed by atoms with Crippen LogP contribution < -0.4 is 33.2 Å². The summed E-state index contributed by atoms with van der Waals surface area (Å²) in [7, 11) is 0. The van der Waals surface area contributed by atoms with Crippen LogP contribution in [0.1, 0.15) is 26.2 Å². The third kappa shape index (κ3) is 12.3. The molecule has 0 radical (unpaired) electrons. The Bertz CT molecular complexity index is 644. The van der Waals surface area contributed by atoms with Crippen LogP contribution in [0.25, 0.3) is 0 Å². The fourth-order valence-electron chi connectivity index (χ4n) is 2.31. The first-order chi connectivity index (χ1) is 14.5. The third-order valence-electron chi connectivity index (χ3n) is 4.03. The number of amides is 3. The molecule has 0 aromatic rings. The first-order valence-electron chi connectivity index (χ1n) is 9.58. The van der Waals surface area contributed by atoms with Gasteiger partial charge < -0.3 is 38.3 Å². The summed E-state index contributed by atoms with van der Waals surface area (Å²) < 4.78 is 0. The second kappa shape index (κ2) is 15.6. The number of rotatable bonds is 15. The molecule has 0 aliphatic carbocycles. The fourth-order valence-corrected chi connectivity index (χ4v) is 3.04. The van der Waals surface area contributed by atoms with Crippen LogP contribution in [-0.4, -0.2) is 83.2 Å². The number of hydrogen-bond acceptors (Lipinski definition) is 8. The lowest BCUT2D eigenvalue weighted by atomic mass is 10.1. The normalized spacial score (nSPS) is 14.5. The Labute approximate surface area is 191 Å². The van der Waals surface area contributed by atoms with Crippen LogP contribution in [0.5, 0.6) is 0 Å². The van der Waals surface area contributed by atoms with Crippen molar-refractivity contribution in [3.05, 3.63) is 0 Å². The van der Waals surface area contributed by atoms with Crippen LogP contribution in [-0.2, 0) is 19.2 Å². The second-order valence-corrected chi connectivity index (χ2v) is 8.07. The molecule has 0 aliphatic rings. The van der Waals surface area contributed by atoms with Crippen molar-refractivity contribution in [2.75, 3.05) is 24.3 Å². The Morgan fingerprint density at radius 2 is 1.55 bits per heavy atom. The van der Waals surface area contributed by atoms with Gasteiger partial charge in [-0.25, -0.2) is 4.79 Å². The minimum absolute atomic E-state index is 0.0750. The number of nitrogens with two attached hydrogens (primary N) is 3. The van der Waals surface area contributed by atoms with Crippen molar-refractivity contribution in [2.45, 2.75) is 50.4 Å². The maximum Gasteiger partial charge on any atom is 0.326 e. The molecule has 0 heterocycles. The van der Waals surface area contributed by atoms with Gasteiger partial charge >= 0.3 is 5.97 Å². The molecule has 0 saturated carbocycles. The maximum atomic E-state index is 12.7. The van der Waals surface area contributed by atoms with E-state index in [1.54, 1.807) is 0 Å². The van der Waals surface area contributed by atoms with Crippen molar-refractivity contribution in [1.82, 2.24) is 16.0 Å². The number of aliphatic imine (C=N–C) groups is 1. The molecule has 14 heteroatoms. The van der Waals surface area contributed by atoms with Crippen LogP contribution in [0.3, 0.4) is 0 Å². The van der Waals surface area contributed by atoms with Crippen LogP contribution in [0, 0.1) is 0 Å². The van der Waals surface area contributed by atoms with E-state index >= 15 is 0 Å². The molecule has 0 spiro atoms. The molecule has 0 rings (SSSR count). The lowest BCUT2D eigenvalue weighted by molar-refractivity contribution is -0.142. The number of thiol groups is 1. The molecule has 4 atom stereocenters. The highest BCUT2D eigenvalue weighted by Crippen LogP contribution is 2.04. The fraction of sp³-hybridized carbons (Fsp3) is 0.706. The molecule has 0 saturated heterocycles. The third-order valence-corrected chi connectivity index (χ3v) is 5.04. The Balaban J connectivity index is 5.16. The number of guanidine groups is 1. The van der Waals surface area contributed by atoms with Crippen LogP contribution in [0.4, 0.5) is 0 Å². The molecule has 10 N–H and O–H groups in total. The Kier molecular flexibility index (Phi) is 14.5. The van der Waals surface area contributed by atoms with E-state index in [-0.39, 0.29) is 31.1 Å². The van der Waals surface area contributed by atoms with Gasteiger partial charge in [0.1, 0.15) is 18.1 Å². The molecule has 0 bridgehead atoms. The quantitative estimate of drug-likeness (QED) is 0.0543. The zero-order valence-corrected chi connectivity index (χ0v) is 19.4. The lowest BCUT2D eigenvalue weighted by Crippen LogP contribution is -2.57. The van der Waals surface area contributed by atoms with E-state index in [0.29, 0.717) is 12.2 Å². The molecule has 0 aliphatic heterocycles. The average Bonchev–Trinajstić information content (AvgIpc) is 2.70. The van der Waals surface area contributed by atoms with E-state index in [4.69, 9.17) is 17.2 Å². The zero-order valence-electron chi connectivity index (χ0n) is 17.7. The molecule has 4 unspecified atom stereocenters. The summed E-state index contributed by atoms with van der Waals surface area (Å²) in [6, 6.07) is -4.02. The minimum atomic E-state index is -1.17. The molecule has 178 valence electrons. The molecule has 12 nitrogen and oxygen atoms in total. The topological polar surface area (TPSA) is 215 Å². The molecule has 0 aromatic heterocycles. The van der Waals surface area contributed by atoms with Gasteiger partial charge in [-0.3, -0.25) is 19.4 Å². The van der Waals surface area contributed by atoms with Crippen molar-refractivity contribution in [1.29, 1.82) is 0 Å². The SMILES string of the molecule is CSCCC(NC(=O)C(CS)NC(=O)C(CCCN=C(N)N)NC(=O)C(C)N)C(=O)O. The number of carboxylic acids is 1. The van der Waals surface area contributed by atoms with Gasteiger partial charge in [0.25, 0.3) is 0 Å². The Morgan fingerprint density at radius 1 is 1.00 bits per heavy atom. The van der Waals surface area contributed by atoms with Crippen molar-refractivity contribution in [3.8, 4) is 0 Å². The summed E-state index contributed by atoms with van der Waals surface area (Å²) >= 11 is 5.52. The van der Waals surface area contributed by atoms with Gasteiger partial charge in [0.2, 0.25) is 17.7 Å². The van der Waals surface area contributed by atoms with Crippen molar-refractivity contribution in [3.63, 3.8) is 0 Å². The minimum Gasteiger partial charge on any atom is -0.480 e. The monoisotopic (exact) mass is 479 g/mol. The predicted octanol–water partition coefficient (Wildman–Crippen LogP) is -2.39. The maximum absolute atomic E-state index is 12.7. The lowest BCUT2D eigenvalue weighted by Gasteiger charge is -2.24. The summed E-state index contributed by atoms with van der Waals surface area (Å²) in [5.74, 6) is -2.67. The summed E-state index contributed by atoms with van der Waals surface area (Å²) in [4.78, 5) is 52.3. The van der Waals surface area contributed by atoms with E-state index in [0.717, 1.165) is 0 Å².